The van der Waals surface area contributed by atoms with Crippen LogP contribution in [0.5, 0.6) is 5.75 Å². The van der Waals surface area contributed by atoms with Crippen molar-refractivity contribution in [3.05, 3.63) is 29.2 Å². The fourth-order valence-corrected chi connectivity index (χ4v) is 0.750. The maximum absolute atomic E-state index is 12.7. The minimum atomic E-state index is -0.460. The molecule has 0 fully saturated rings. The van der Waals surface area contributed by atoms with Crippen LogP contribution in [-0.2, 0) is 0 Å². The number of halogens is 1. The van der Waals surface area contributed by atoms with Crippen LogP contribution >= 0.6 is 0 Å². The zero-order chi connectivity index (χ0) is 8.27. The minimum Gasteiger partial charge on any atom is -0.630 e. The van der Waals surface area contributed by atoms with Crippen LogP contribution in [0.25, 0.3) is 0 Å². The molecule has 0 spiro atoms. The smallest absolute Gasteiger partial charge is 0.165 e. The fourth-order valence-electron chi connectivity index (χ4n) is 0.750. The highest BCUT2D eigenvalue weighted by Crippen LogP contribution is 2.18. The number of rotatable bonds is 2. The number of benzene rings is 1. The number of nitrogens with two attached hydrogens (primary N) is 1. The van der Waals surface area contributed by atoms with Gasteiger partial charge in [-0.2, -0.15) is 0 Å². The Morgan fingerprint density at radius 2 is 2.27 bits per heavy atom. The van der Waals surface area contributed by atoms with Gasteiger partial charge in [-0.1, -0.05) is 0 Å². The SMILES string of the molecule is COc1cc([NH2+][O-])ccc1F. The molecular weight excluding hydrogens is 149 g/mol. The third-order valence-electron chi connectivity index (χ3n) is 1.31. The molecule has 1 rings (SSSR count). The van der Waals surface area contributed by atoms with Crippen molar-refractivity contribution in [1.29, 1.82) is 0 Å². The molecule has 0 saturated carbocycles. The molecule has 60 valence electrons. The van der Waals surface area contributed by atoms with Gasteiger partial charge in [-0.05, 0) is 6.07 Å². The zero-order valence-corrected chi connectivity index (χ0v) is 6.00. The molecule has 0 aliphatic carbocycles. The predicted molar refractivity (Wildman–Crippen MR) is 37.9 cm³/mol. The first kappa shape index (κ1) is 7.97. The number of hydrogen-bond donors (Lipinski definition) is 1. The van der Waals surface area contributed by atoms with Crippen molar-refractivity contribution >= 4 is 5.69 Å². The van der Waals surface area contributed by atoms with Gasteiger partial charge in [0.2, 0.25) is 0 Å². The molecule has 1 aromatic rings. The zero-order valence-electron chi connectivity index (χ0n) is 6.00. The van der Waals surface area contributed by atoms with E-state index in [0.29, 0.717) is 11.2 Å². The first-order chi connectivity index (χ1) is 5.27. The summed E-state index contributed by atoms with van der Waals surface area (Å²) >= 11 is 0. The topological polar surface area (TPSA) is 48.9 Å². The third kappa shape index (κ3) is 1.66. The largest absolute Gasteiger partial charge is 0.630 e. The van der Waals surface area contributed by atoms with Gasteiger partial charge in [0, 0.05) is 12.1 Å². The van der Waals surface area contributed by atoms with Crippen molar-refractivity contribution in [3.63, 3.8) is 0 Å². The Hall–Kier alpha value is -1.13. The van der Waals surface area contributed by atoms with Crippen LogP contribution in [0.1, 0.15) is 0 Å². The van der Waals surface area contributed by atoms with Crippen molar-refractivity contribution < 1.29 is 14.6 Å². The summed E-state index contributed by atoms with van der Waals surface area (Å²) in [6.45, 7) is 0. The molecule has 4 heteroatoms. The second-order valence-electron chi connectivity index (χ2n) is 2.01. The summed E-state index contributed by atoms with van der Waals surface area (Å²) in [6.07, 6.45) is 0. The van der Waals surface area contributed by atoms with Crippen molar-refractivity contribution in [1.82, 2.24) is 0 Å². The van der Waals surface area contributed by atoms with E-state index in [4.69, 9.17) is 0 Å². The van der Waals surface area contributed by atoms with Crippen molar-refractivity contribution in [3.8, 4) is 5.75 Å². The van der Waals surface area contributed by atoms with Crippen LogP contribution in [0, 0.1) is 11.0 Å². The van der Waals surface area contributed by atoms with Gasteiger partial charge in [0.1, 0.15) is 5.69 Å². The molecule has 0 atom stereocenters. The molecule has 0 unspecified atom stereocenters. The summed E-state index contributed by atoms with van der Waals surface area (Å²) in [5, 5.41) is 10.2. The van der Waals surface area contributed by atoms with Gasteiger partial charge < -0.3 is 15.4 Å². The summed E-state index contributed by atoms with van der Waals surface area (Å²) in [6, 6.07) is 3.94. The average Bonchev–Trinajstić information content (AvgIpc) is 2.05. The predicted octanol–water partition coefficient (Wildman–Crippen LogP) is 0.527. The van der Waals surface area contributed by atoms with Crippen LogP contribution in [0.3, 0.4) is 0 Å². The summed E-state index contributed by atoms with van der Waals surface area (Å²) < 4.78 is 17.3. The monoisotopic (exact) mass is 157 g/mol. The van der Waals surface area contributed by atoms with Gasteiger partial charge in [-0.3, -0.25) is 0 Å². The Morgan fingerprint density at radius 3 is 2.82 bits per heavy atom. The van der Waals surface area contributed by atoms with Crippen LogP contribution < -0.4 is 10.2 Å². The molecule has 0 saturated heterocycles. The summed E-state index contributed by atoms with van der Waals surface area (Å²) in [5.41, 5.74) is 1.05. The molecule has 3 nitrogen and oxygen atoms in total. The molecule has 2 N–H and O–H groups in total. The molecule has 0 aromatic heterocycles. The maximum Gasteiger partial charge on any atom is 0.165 e. The number of quaternary nitrogens is 1. The lowest BCUT2D eigenvalue weighted by atomic mass is 10.3. The summed E-state index contributed by atoms with van der Waals surface area (Å²) in [5.74, 6) is -0.368. The number of ether oxygens (including phenoxy) is 1. The fraction of sp³-hybridized carbons (Fsp3) is 0.143. The van der Waals surface area contributed by atoms with E-state index < -0.39 is 5.82 Å². The lowest BCUT2D eigenvalue weighted by molar-refractivity contribution is -0.497. The van der Waals surface area contributed by atoms with Crippen molar-refractivity contribution in [2.45, 2.75) is 0 Å². The molecule has 0 heterocycles. The van der Waals surface area contributed by atoms with Crippen LogP contribution in [0.2, 0.25) is 0 Å². The van der Waals surface area contributed by atoms with Crippen LogP contribution in [-0.4, -0.2) is 7.11 Å². The van der Waals surface area contributed by atoms with Gasteiger partial charge in [-0.25, -0.2) is 4.39 Å². The molecule has 0 aliphatic heterocycles. The van der Waals surface area contributed by atoms with E-state index in [1.165, 1.54) is 25.3 Å². The number of methoxy groups -OCH3 is 1. The van der Waals surface area contributed by atoms with Crippen LogP contribution in [0.4, 0.5) is 10.1 Å². The Labute approximate surface area is 63.4 Å². The summed E-state index contributed by atoms with van der Waals surface area (Å²) in [4.78, 5) is 0. The van der Waals surface area contributed by atoms with E-state index in [0.717, 1.165) is 0 Å². The van der Waals surface area contributed by atoms with E-state index in [9.17, 15) is 9.60 Å². The number of hydrogen-bond acceptors (Lipinski definition) is 2. The standard InChI is InChI=1S/C7H8FNO2/c1-11-7-4-5(9-10)2-3-6(7)8/h2-4H,9H2,1H3. The molecule has 0 amide bonds. The third-order valence-corrected chi connectivity index (χ3v) is 1.31. The van der Waals surface area contributed by atoms with Gasteiger partial charge in [-0.15, -0.1) is 0 Å². The normalized spacial score (nSPS) is 9.73. The highest BCUT2D eigenvalue weighted by atomic mass is 19.1. The molecule has 0 bridgehead atoms. The molecule has 11 heavy (non-hydrogen) atoms. The highest BCUT2D eigenvalue weighted by molar-refractivity contribution is 5.38. The van der Waals surface area contributed by atoms with Gasteiger partial charge in [0.15, 0.2) is 11.6 Å². The molecule has 1 aromatic carbocycles. The lowest BCUT2D eigenvalue weighted by Gasteiger charge is -2.04. The quantitative estimate of drug-likeness (QED) is 0.502. The Kier molecular flexibility index (Phi) is 2.40. The van der Waals surface area contributed by atoms with Crippen LogP contribution in [0.15, 0.2) is 18.2 Å². The second-order valence-corrected chi connectivity index (χ2v) is 2.01. The van der Waals surface area contributed by atoms with Gasteiger partial charge >= 0.3 is 0 Å². The van der Waals surface area contributed by atoms with Crippen molar-refractivity contribution in [2.75, 3.05) is 7.11 Å². The molecular formula is C7H8FNO2. The van der Waals surface area contributed by atoms with E-state index in [1.54, 1.807) is 0 Å². The van der Waals surface area contributed by atoms with Gasteiger partial charge in [0.25, 0.3) is 0 Å². The average molecular weight is 157 g/mol. The summed E-state index contributed by atoms with van der Waals surface area (Å²) in [7, 11) is 1.35. The second kappa shape index (κ2) is 3.32. The molecule has 0 radical (unpaired) electrons. The minimum absolute atomic E-state index is 0.0922. The van der Waals surface area contributed by atoms with E-state index in [2.05, 4.69) is 4.74 Å². The highest BCUT2D eigenvalue weighted by Gasteiger charge is 2.02. The Balaban J connectivity index is 3.02. The Morgan fingerprint density at radius 1 is 1.55 bits per heavy atom. The molecule has 0 aliphatic rings. The van der Waals surface area contributed by atoms with Gasteiger partial charge in [0.05, 0.1) is 7.11 Å². The maximum atomic E-state index is 12.7. The first-order valence-electron chi connectivity index (χ1n) is 3.06. The first-order valence-corrected chi connectivity index (χ1v) is 3.06. The van der Waals surface area contributed by atoms with E-state index in [-0.39, 0.29) is 5.75 Å². The Bertz CT molecular complexity index is 252. The lowest BCUT2D eigenvalue weighted by Crippen LogP contribution is -2.70. The van der Waals surface area contributed by atoms with E-state index in [1.807, 2.05) is 0 Å². The van der Waals surface area contributed by atoms with Crippen molar-refractivity contribution in [2.24, 2.45) is 0 Å². The van der Waals surface area contributed by atoms with E-state index >= 15 is 0 Å².